The van der Waals surface area contributed by atoms with Gasteiger partial charge in [-0.1, -0.05) is 0 Å². The van der Waals surface area contributed by atoms with Gasteiger partial charge in [0, 0.05) is 7.05 Å². The molecule has 14 heavy (non-hydrogen) atoms. The van der Waals surface area contributed by atoms with Crippen molar-refractivity contribution in [3.05, 3.63) is 30.1 Å². The first-order chi connectivity index (χ1) is 6.79. The van der Waals surface area contributed by atoms with Crippen LogP contribution >= 0.6 is 0 Å². The van der Waals surface area contributed by atoms with Gasteiger partial charge in [0.15, 0.2) is 0 Å². The monoisotopic (exact) mass is 193 g/mol. The molecule has 0 amide bonds. The molecular weight excluding hydrogens is 182 g/mol. The van der Waals surface area contributed by atoms with Gasteiger partial charge in [-0.3, -0.25) is 0 Å². The Morgan fingerprint density at radius 2 is 2.29 bits per heavy atom. The second-order valence-electron chi connectivity index (χ2n) is 3.00. The lowest BCUT2D eigenvalue weighted by Gasteiger charge is -2.02. The Morgan fingerprint density at radius 3 is 2.93 bits per heavy atom. The van der Waals surface area contributed by atoms with E-state index >= 15 is 0 Å². The molecule has 2 aromatic heterocycles. The zero-order valence-corrected chi connectivity index (χ0v) is 7.83. The molecule has 1 N–H and O–H groups in total. The van der Waals surface area contributed by atoms with E-state index in [9.17, 15) is 0 Å². The van der Waals surface area contributed by atoms with Crippen molar-refractivity contribution in [3.63, 3.8) is 0 Å². The van der Waals surface area contributed by atoms with Crippen LogP contribution in [0.15, 0.2) is 18.7 Å². The maximum absolute atomic E-state index is 8.99. The van der Waals surface area contributed by atoms with Crippen LogP contribution in [0.1, 0.15) is 11.4 Å². The fraction of sp³-hybridized carbons (Fsp3) is 0.375. The Morgan fingerprint density at radius 1 is 1.43 bits per heavy atom. The lowest BCUT2D eigenvalue weighted by atomic mass is 10.4. The Labute approximate surface area is 80.8 Å². The molecule has 74 valence electrons. The largest absolute Gasteiger partial charge is 0.390 e. The number of aromatic nitrogens is 5. The van der Waals surface area contributed by atoms with Gasteiger partial charge in [0.2, 0.25) is 0 Å². The van der Waals surface area contributed by atoms with Crippen molar-refractivity contribution in [2.45, 2.75) is 13.2 Å². The van der Waals surface area contributed by atoms with Gasteiger partial charge in [0.05, 0.1) is 37.6 Å². The average Bonchev–Trinajstić information content (AvgIpc) is 2.76. The van der Waals surface area contributed by atoms with Gasteiger partial charge < -0.3 is 9.67 Å². The molecule has 0 unspecified atom stereocenters. The number of imidazole rings is 1. The van der Waals surface area contributed by atoms with Gasteiger partial charge in [0.1, 0.15) is 5.69 Å². The van der Waals surface area contributed by atoms with E-state index in [0.717, 1.165) is 11.4 Å². The molecule has 6 heteroatoms. The molecule has 0 bridgehead atoms. The summed E-state index contributed by atoms with van der Waals surface area (Å²) in [6, 6.07) is 0. The second kappa shape index (κ2) is 3.59. The third kappa shape index (κ3) is 1.64. The van der Waals surface area contributed by atoms with Gasteiger partial charge in [-0.05, 0) is 0 Å². The smallest absolute Gasteiger partial charge is 0.102 e. The van der Waals surface area contributed by atoms with Crippen LogP contribution in [0.5, 0.6) is 0 Å². The lowest BCUT2D eigenvalue weighted by Crippen LogP contribution is -2.04. The quantitative estimate of drug-likeness (QED) is 0.717. The van der Waals surface area contributed by atoms with E-state index in [4.69, 9.17) is 5.11 Å². The zero-order valence-electron chi connectivity index (χ0n) is 7.83. The summed E-state index contributed by atoms with van der Waals surface area (Å²) in [7, 11) is 1.77. The summed E-state index contributed by atoms with van der Waals surface area (Å²) in [5, 5.41) is 17.1. The molecule has 0 atom stereocenters. The highest BCUT2D eigenvalue weighted by Gasteiger charge is 2.03. The fourth-order valence-electron chi connectivity index (χ4n) is 1.26. The van der Waals surface area contributed by atoms with Gasteiger partial charge >= 0.3 is 0 Å². The Kier molecular flexibility index (Phi) is 2.28. The van der Waals surface area contributed by atoms with E-state index in [2.05, 4.69) is 15.2 Å². The van der Waals surface area contributed by atoms with Crippen LogP contribution in [0.2, 0.25) is 0 Å². The first kappa shape index (κ1) is 8.89. The molecule has 0 aliphatic carbocycles. The Hall–Kier alpha value is -1.69. The first-order valence-electron chi connectivity index (χ1n) is 4.24. The van der Waals surface area contributed by atoms with Crippen molar-refractivity contribution in [1.29, 1.82) is 0 Å². The van der Waals surface area contributed by atoms with Crippen LogP contribution in [0.4, 0.5) is 0 Å². The van der Waals surface area contributed by atoms with Gasteiger partial charge in [-0.15, -0.1) is 0 Å². The minimum atomic E-state index is -0.0136. The van der Waals surface area contributed by atoms with E-state index in [1.54, 1.807) is 25.8 Å². The second-order valence-corrected chi connectivity index (χ2v) is 3.00. The molecule has 2 heterocycles. The van der Waals surface area contributed by atoms with Crippen LogP contribution in [-0.4, -0.2) is 29.7 Å². The predicted octanol–water partition coefficient (Wildman–Crippen LogP) is -0.448. The van der Waals surface area contributed by atoms with Gasteiger partial charge in [0.25, 0.3) is 0 Å². The van der Waals surface area contributed by atoms with Crippen LogP contribution in [0, 0.1) is 0 Å². The van der Waals surface area contributed by atoms with Crippen molar-refractivity contribution in [2.24, 2.45) is 7.05 Å². The minimum Gasteiger partial charge on any atom is -0.390 e. The molecule has 0 fully saturated rings. The molecular formula is C8H11N5O. The topological polar surface area (TPSA) is 68.8 Å². The zero-order chi connectivity index (χ0) is 9.97. The predicted molar refractivity (Wildman–Crippen MR) is 48.3 cm³/mol. The molecule has 6 nitrogen and oxygen atoms in total. The summed E-state index contributed by atoms with van der Waals surface area (Å²) < 4.78 is 1.84. The summed E-state index contributed by atoms with van der Waals surface area (Å²) in [6.45, 7) is 0.573. The molecule has 0 aromatic carbocycles. The van der Waals surface area contributed by atoms with Crippen LogP contribution in [-0.2, 0) is 20.2 Å². The van der Waals surface area contributed by atoms with E-state index in [0.29, 0.717) is 6.54 Å². The highest BCUT2D eigenvalue weighted by molar-refractivity contribution is 5.01. The molecule has 0 saturated heterocycles. The van der Waals surface area contributed by atoms with Gasteiger partial charge in [-0.2, -0.15) is 15.0 Å². The SMILES string of the molecule is Cn1ncc(Cn2cncc2CO)n1. The van der Waals surface area contributed by atoms with Crippen molar-refractivity contribution in [2.75, 3.05) is 0 Å². The number of rotatable bonds is 3. The van der Waals surface area contributed by atoms with E-state index in [1.807, 2.05) is 4.57 Å². The summed E-state index contributed by atoms with van der Waals surface area (Å²) >= 11 is 0. The number of aliphatic hydroxyl groups is 1. The molecule has 0 aliphatic rings. The molecule has 0 saturated carbocycles. The summed E-state index contributed by atoms with van der Waals surface area (Å²) in [5.41, 5.74) is 1.62. The fourth-order valence-corrected chi connectivity index (χ4v) is 1.26. The maximum Gasteiger partial charge on any atom is 0.102 e. The summed E-state index contributed by atoms with van der Waals surface area (Å²) in [6.07, 6.45) is 5.00. The molecule has 2 rings (SSSR count). The van der Waals surface area contributed by atoms with Crippen molar-refractivity contribution in [1.82, 2.24) is 24.5 Å². The maximum atomic E-state index is 8.99. The first-order valence-corrected chi connectivity index (χ1v) is 4.24. The van der Waals surface area contributed by atoms with Crippen molar-refractivity contribution in [3.8, 4) is 0 Å². The lowest BCUT2D eigenvalue weighted by molar-refractivity contribution is 0.271. The minimum absolute atomic E-state index is 0.0136. The third-order valence-electron chi connectivity index (χ3n) is 1.94. The number of aliphatic hydroxyl groups excluding tert-OH is 1. The third-order valence-corrected chi connectivity index (χ3v) is 1.94. The summed E-state index contributed by atoms with van der Waals surface area (Å²) in [5.74, 6) is 0. The summed E-state index contributed by atoms with van der Waals surface area (Å²) in [4.78, 5) is 5.45. The van der Waals surface area contributed by atoms with Crippen LogP contribution < -0.4 is 0 Å². The molecule has 0 spiro atoms. The highest BCUT2D eigenvalue weighted by atomic mass is 16.3. The van der Waals surface area contributed by atoms with Crippen LogP contribution in [0.25, 0.3) is 0 Å². The molecule has 0 radical (unpaired) electrons. The number of hydrogen-bond acceptors (Lipinski definition) is 4. The Balaban J connectivity index is 2.18. The number of nitrogens with zero attached hydrogens (tertiary/aromatic N) is 5. The van der Waals surface area contributed by atoms with E-state index in [1.165, 1.54) is 4.80 Å². The van der Waals surface area contributed by atoms with Crippen molar-refractivity contribution < 1.29 is 5.11 Å². The standard InChI is InChI=1S/C8H11N5O/c1-12-10-2-7(11-12)4-13-6-9-3-8(13)5-14/h2-3,6,14H,4-5H2,1H3. The highest BCUT2D eigenvalue weighted by Crippen LogP contribution is 2.02. The van der Waals surface area contributed by atoms with E-state index in [-0.39, 0.29) is 6.61 Å². The van der Waals surface area contributed by atoms with Crippen LogP contribution in [0.3, 0.4) is 0 Å². The van der Waals surface area contributed by atoms with Crippen molar-refractivity contribution >= 4 is 0 Å². The molecule has 0 aliphatic heterocycles. The Bertz CT molecular complexity index is 419. The number of hydrogen-bond donors (Lipinski definition) is 1. The average molecular weight is 193 g/mol. The molecule has 2 aromatic rings. The normalized spacial score (nSPS) is 10.7. The number of aryl methyl sites for hydroxylation is 1. The van der Waals surface area contributed by atoms with Gasteiger partial charge in [-0.25, -0.2) is 4.98 Å². The van der Waals surface area contributed by atoms with E-state index < -0.39 is 0 Å².